The van der Waals surface area contributed by atoms with Crippen LogP contribution in [0.3, 0.4) is 0 Å². The average molecular weight is 266 g/mol. The van der Waals surface area contributed by atoms with E-state index in [1.54, 1.807) is 0 Å². The Hall–Kier alpha value is -1.22. The Morgan fingerprint density at radius 2 is 2.28 bits per heavy atom. The van der Waals surface area contributed by atoms with Crippen LogP contribution >= 0.6 is 11.6 Å². The number of likely N-dealkylation sites (tertiary alicyclic amines) is 1. The quantitative estimate of drug-likeness (QED) is 0.769. The van der Waals surface area contributed by atoms with Gasteiger partial charge in [0, 0.05) is 24.0 Å². The highest BCUT2D eigenvalue weighted by Crippen LogP contribution is 2.36. The molecule has 3 nitrogen and oxygen atoms in total. The van der Waals surface area contributed by atoms with Gasteiger partial charge in [-0.2, -0.15) is 0 Å². The van der Waals surface area contributed by atoms with Gasteiger partial charge in [-0.3, -0.25) is 4.79 Å². The highest BCUT2D eigenvalue weighted by Gasteiger charge is 2.37. The van der Waals surface area contributed by atoms with Crippen LogP contribution in [0.5, 0.6) is 5.75 Å². The summed E-state index contributed by atoms with van der Waals surface area (Å²) in [5.41, 5.74) is 1.02. The molecule has 0 radical (unpaired) electrons. The number of carbonyl (C=O) groups excluding carboxylic acids is 1. The summed E-state index contributed by atoms with van der Waals surface area (Å²) in [6.07, 6.45) is 2.07. The van der Waals surface area contributed by atoms with E-state index < -0.39 is 0 Å². The lowest BCUT2D eigenvalue weighted by molar-refractivity contribution is -0.133. The van der Waals surface area contributed by atoms with Crippen LogP contribution in [0.4, 0.5) is 0 Å². The lowest BCUT2D eigenvalue weighted by Crippen LogP contribution is -2.40. The number of benzene rings is 1. The molecule has 1 saturated heterocycles. The molecule has 0 saturated carbocycles. The first kappa shape index (κ1) is 11.8. The summed E-state index contributed by atoms with van der Waals surface area (Å²) < 4.78 is 5.58. The first-order valence-corrected chi connectivity index (χ1v) is 6.93. The lowest BCUT2D eigenvalue weighted by atomic mass is 9.99. The van der Waals surface area contributed by atoms with E-state index in [1.807, 2.05) is 29.2 Å². The van der Waals surface area contributed by atoms with Crippen LogP contribution in [-0.2, 0) is 4.79 Å². The van der Waals surface area contributed by atoms with Crippen molar-refractivity contribution in [1.82, 2.24) is 4.90 Å². The van der Waals surface area contributed by atoms with Gasteiger partial charge in [0.1, 0.15) is 18.3 Å². The highest BCUT2D eigenvalue weighted by atomic mass is 35.5. The van der Waals surface area contributed by atoms with Crippen LogP contribution in [0, 0.1) is 0 Å². The largest absolute Gasteiger partial charge is 0.492 e. The molecule has 96 valence electrons. The van der Waals surface area contributed by atoms with E-state index in [1.165, 1.54) is 0 Å². The fourth-order valence-electron chi connectivity index (χ4n) is 2.85. The molecule has 0 spiro atoms. The Kier molecular flexibility index (Phi) is 3.16. The molecule has 2 aliphatic heterocycles. The zero-order valence-corrected chi connectivity index (χ0v) is 10.9. The van der Waals surface area contributed by atoms with Gasteiger partial charge in [0.2, 0.25) is 5.91 Å². The Morgan fingerprint density at radius 3 is 3.11 bits per heavy atom. The zero-order valence-electron chi connectivity index (χ0n) is 10.1. The fourth-order valence-corrected chi connectivity index (χ4v) is 3.17. The number of carbonyl (C=O) groups is 1. The minimum absolute atomic E-state index is 0.148. The summed E-state index contributed by atoms with van der Waals surface area (Å²) in [5, 5.41) is 0. The van der Waals surface area contributed by atoms with Crippen molar-refractivity contribution in [3.8, 4) is 5.75 Å². The molecule has 0 aliphatic carbocycles. The molecule has 4 heteroatoms. The molecule has 2 atom stereocenters. The molecule has 18 heavy (non-hydrogen) atoms. The van der Waals surface area contributed by atoms with Gasteiger partial charge in [-0.05, 0) is 18.9 Å². The van der Waals surface area contributed by atoms with Crippen LogP contribution in [0.15, 0.2) is 24.3 Å². The Bertz CT molecular complexity index is 463. The van der Waals surface area contributed by atoms with Gasteiger partial charge in [0.25, 0.3) is 0 Å². The third-order valence-electron chi connectivity index (χ3n) is 3.84. The van der Waals surface area contributed by atoms with Gasteiger partial charge in [0.15, 0.2) is 0 Å². The normalized spacial score (nSPS) is 25.9. The van der Waals surface area contributed by atoms with E-state index in [0.29, 0.717) is 12.5 Å². The molecule has 0 N–H and O–H groups in total. The summed E-state index contributed by atoms with van der Waals surface area (Å²) in [4.78, 5) is 14.5. The van der Waals surface area contributed by atoms with E-state index in [2.05, 4.69) is 0 Å². The van der Waals surface area contributed by atoms with Gasteiger partial charge in [0.05, 0.1) is 0 Å². The van der Waals surface area contributed by atoms with Crippen LogP contribution in [0.25, 0.3) is 0 Å². The van der Waals surface area contributed by atoms with Crippen LogP contribution in [-0.4, -0.2) is 35.9 Å². The van der Waals surface area contributed by atoms with Gasteiger partial charge >= 0.3 is 0 Å². The third-order valence-corrected chi connectivity index (χ3v) is 4.19. The van der Waals surface area contributed by atoms with E-state index >= 15 is 0 Å². The lowest BCUT2D eigenvalue weighted by Gasteiger charge is -2.25. The van der Waals surface area contributed by atoms with Crippen molar-refractivity contribution in [2.45, 2.75) is 24.8 Å². The number of hydrogen-bond acceptors (Lipinski definition) is 2. The molecular formula is C14H16ClNO2. The van der Waals surface area contributed by atoms with Gasteiger partial charge < -0.3 is 9.64 Å². The van der Waals surface area contributed by atoms with E-state index in [-0.39, 0.29) is 17.9 Å². The molecule has 3 rings (SSSR count). The summed E-state index contributed by atoms with van der Waals surface area (Å²) in [6.45, 7) is 1.29. The predicted octanol–water partition coefficient (Wildman–Crippen LogP) is 2.39. The van der Waals surface area contributed by atoms with Crippen LogP contribution in [0.2, 0.25) is 0 Å². The number of ether oxygens (including phenoxy) is 1. The zero-order chi connectivity index (χ0) is 12.5. The third kappa shape index (κ3) is 1.87. The molecule has 1 amide bonds. The second-order valence-corrected chi connectivity index (χ2v) is 5.19. The summed E-state index contributed by atoms with van der Waals surface area (Å²) in [7, 11) is 0. The van der Waals surface area contributed by atoms with E-state index in [4.69, 9.17) is 16.3 Å². The van der Waals surface area contributed by atoms with Crippen molar-refractivity contribution >= 4 is 17.5 Å². The van der Waals surface area contributed by atoms with Crippen molar-refractivity contribution in [3.05, 3.63) is 29.8 Å². The highest BCUT2D eigenvalue weighted by molar-refractivity contribution is 6.18. The van der Waals surface area contributed by atoms with E-state index in [9.17, 15) is 4.79 Å². The van der Waals surface area contributed by atoms with Crippen molar-refractivity contribution < 1.29 is 9.53 Å². The second kappa shape index (κ2) is 4.81. The Balaban J connectivity index is 1.82. The molecule has 0 aromatic heterocycles. The second-order valence-electron chi connectivity index (χ2n) is 4.88. The minimum Gasteiger partial charge on any atom is -0.492 e. The molecule has 2 unspecified atom stereocenters. The SMILES string of the molecule is O=C(C1COc2ccccc21)N1CCCC1CCl. The van der Waals surface area contributed by atoms with Crippen molar-refractivity contribution in [2.24, 2.45) is 0 Å². The Labute approximate surface area is 112 Å². The molecule has 2 aliphatic rings. The maximum atomic E-state index is 12.6. The number of para-hydroxylation sites is 1. The number of rotatable bonds is 2. The standard InChI is InChI=1S/C14H16ClNO2/c15-8-10-4-3-7-16(10)14(17)12-9-18-13-6-2-1-5-11(12)13/h1-2,5-6,10,12H,3-4,7-9H2. The fraction of sp³-hybridized carbons (Fsp3) is 0.500. The monoisotopic (exact) mass is 265 g/mol. The number of hydrogen-bond donors (Lipinski definition) is 0. The molecule has 0 bridgehead atoms. The number of halogens is 1. The molecule has 1 aromatic carbocycles. The smallest absolute Gasteiger partial charge is 0.234 e. The number of nitrogens with zero attached hydrogens (tertiary/aromatic N) is 1. The van der Waals surface area contributed by atoms with Gasteiger partial charge in [-0.15, -0.1) is 11.6 Å². The van der Waals surface area contributed by atoms with E-state index in [0.717, 1.165) is 30.7 Å². The number of fused-ring (bicyclic) bond motifs is 1. The summed E-state index contributed by atoms with van der Waals surface area (Å²) in [5.74, 6) is 1.40. The maximum Gasteiger partial charge on any atom is 0.234 e. The van der Waals surface area contributed by atoms with Gasteiger partial charge in [-0.25, -0.2) is 0 Å². The van der Waals surface area contributed by atoms with Crippen molar-refractivity contribution in [3.63, 3.8) is 0 Å². The van der Waals surface area contributed by atoms with Gasteiger partial charge in [-0.1, -0.05) is 18.2 Å². The Morgan fingerprint density at radius 1 is 1.44 bits per heavy atom. The molecule has 1 fully saturated rings. The van der Waals surface area contributed by atoms with Crippen LogP contribution < -0.4 is 4.74 Å². The van der Waals surface area contributed by atoms with Crippen molar-refractivity contribution in [1.29, 1.82) is 0 Å². The molecular weight excluding hydrogens is 250 g/mol. The summed E-state index contributed by atoms with van der Waals surface area (Å²) >= 11 is 5.93. The first-order chi connectivity index (χ1) is 8.81. The molecule has 1 aromatic rings. The topological polar surface area (TPSA) is 29.5 Å². The number of amides is 1. The summed E-state index contributed by atoms with van der Waals surface area (Å²) in [6, 6.07) is 7.99. The average Bonchev–Trinajstić information content (AvgIpc) is 3.04. The maximum absolute atomic E-state index is 12.6. The number of alkyl halides is 1. The minimum atomic E-state index is -0.148. The van der Waals surface area contributed by atoms with Crippen molar-refractivity contribution in [2.75, 3.05) is 19.0 Å². The first-order valence-electron chi connectivity index (χ1n) is 6.39. The predicted molar refractivity (Wildman–Crippen MR) is 70.1 cm³/mol. The van der Waals surface area contributed by atoms with Crippen LogP contribution in [0.1, 0.15) is 24.3 Å². The molecule has 2 heterocycles.